The summed E-state index contributed by atoms with van der Waals surface area (Å²) >= 11 is 0. The smallest absolute Gasteiger partial charge is 0.163 e. The fourth-order valence-electron chi connectivity index (χ4n) is 1.29. The third-order valence-corrected chi connectivity index (χ3v) is 2.83. The Balaban J connectivity index is 3.14. The van der Waals surface area contributed by atoms with E-state index in [0.29, 0.717) is 39.6 Å². The van der Waals surface area contributed by atoms with E-state index in [1.807, 2.05) is 20.8 Å². The second-order valence-corrected chi connectivity index (χ2v) is 5.92. The minimum Gasteiger partial charge on any atom is -0.379 e. The van der Waals surface area contributed by atoms with Crippen molar-refractivity contribution in [3.63, 3.8) is 0 Å². The van der Waals surface area contributed by atoms with Crippen LogP contribution in [0.2, 0.25) is 0 Å². The highest BCUT2D eigenvalue weighted by Gasteiger charge is 2.20. The Bertz CT molecular complexity index is 248. The Hall–Kier alpha value is -0.490. The van der Waals surface area contributed by atoms with Gasteiger partial charge in [-0.05, 0) is 6.42 Å². The molecular weight excluding hydrogens is 272 g/mol. The Kier molecular flexibility index (Phi) is 12.9. The highest BCUT2D eigenvalue weighted by molar-refractivity contribution is 5.84. The summed E-state index contributed by atoms with van der Waals surface area (Å²) in [5, 5.41) is 0. The van der Waals surface area contributed by atoms with E-state index in [1.54, 1.807) is 0 Å². The summed E-state index contributed by atoms with van der Waals surface area (Å²) in [6, 6.07) is 0. The quantitative estimate of drug-likeness (QED) is 0.461. The van der Waals surface area contributed by atoms with Crippen molar-refractivity contribution in [1.82, 2.24) is 0 Å². The molecule has 0 aliphatic rings. The van der Waals surface area contributed by atoms with Gasteiger partial charge in [0.05, 0.1) is 39.6 Å². The van der Waals surface area contributed by atoms with Crippen molar-refractivity contribution < 1.29 is 23.7 Å². The molecule has 0 unspecified atom stereocenters. The van der Waals surface area contributed by atoms with Crippen LogP contribution < -0.4 is 0 Å². The average molecular weight is 304 g/mol. The lowest BCUT2D eigenvalue weighted by molar-refractivity contribution is -0.131. The minimum absolute atomic E-state index is 0.105. The topological polar surface area (TPSA) is 54.0 Å². The molecule has 5 heteroatoms. The Labute approximate surface area is 129 Å². The van der Waals surface area contributed by atoms with Crippen LogP contribution in [0, 0.1) is 5.41 Å². The Morgan fingerprint density at radius 3 is 1.62 bits per heavy atom. The van der Waals surface area contributed by atoms with Gasteiger partial charge in [0, 0.05) is 12.0 Å². The number of carbonyl (C=O) groups excluding carboxylic acids is 1. The molecule has 0 aliphatic carbocycles. The summed E-state index contributed by atoms with van der Waals surface area (Å²) in [5.41, 5.74) is -0.339. The number of rotatable bonds is 14. The van der Waals surface area contributed by atoms with Crippen LogP contribution in [0.25, 0.3) is 0 Å². The van der Waals surface area contributed by atoms with Crippen LogP contribution in [-0.4, -0.2) is 58.6 Å². The van der Waals surface area contributed by atoms with E-state index >= 15 is 0 Å². The first-order chi connectivity index (χ1) is 9.98. The third-order valence-electron chi connectivity index (χ3n) is 2.83. The second kappa shape index (κ2) is 13.2. The number of ketones is 1. The van der Waals surface area contributed by atoms with E-state index in [1.165, 1.54) is 0 Å². The zero-order valence-corrected chi connectivity index (χ0v) is 14.1. The first-order valence-corrected chi connectivity index (χ1v) is 7.82. The summed E-state index contributed by atoms with van der Waals surface area (Å²) in [5.74, 6) is 0.105. The van der Waals surface area contributed by atoms with Gasteiger partial charge >= 0.3 is 0 Å². The molecule has 0 saturated heterocycles. The molecule has 0 aromatic heterocycles. The van der Waals surface area contributed by atoms with Gasteiger partial charge in [-0.3, -0.25) is 4.79 Å². The van der Waals surface area contributed by atoms with Gasteiger partial charge < -0.3 is 18.9 Å². The third kappa shape index (κ3) is 14.2. The molecule has 0 atom stereocenters. The van der Waals surface area contributed by atoms with E-state index in [9.17, 15) is 4.79 Å². The van der Waals surface area contributed by atoms with E-state index in [-0.39, 0.29) is 17.8 Å². The van der Waals surface area contributed by atoms with Crippen molar-refractivity contribution >= 4 is 5.78 Å². The fraction of sp³-hybridized carbons (Fsp3) is 0.938. The molecule has 0 bridgehead atoms. The zero-order chi connectivity index (χ0) is 16.0. The van der Waals surface area contributed by atoms with Gasteiger partial charge in [-0.15, -0.1) is 0 Å². The summed E-state index contributed by atoms with van der Waals surface area (Å²) in [6.45, 7) is 12.0. The molecule has 0 fully saturated rings. The van der Waals surface area contributed by atoms with Crippen molar-refractivity contribution in [2.45, 2.75) is 40.5 Å². The predicted octanol–water partition coefficient (Wildman–Crippen LogP) is 2.47. The lowest BCUT2D eigenvalue weighted by atomic mass is 9.91. The minimum atomic E-state index is -0.339. The highest BCUT2D eigenvalue weighted by atomic mass is 16.6. The predicted molar refractivity (Wildman–Crippen MR) is 82.6 cm³/mol. The number of ether oxygens (including phenoxy) is 4. The van der Waals surface area contributed by atoms with Crippen LogP contribution >= 0.6 is 0 Å². The maximum Gasteiger partial charge on any atom is 0.163 e. The van der Waals surface area contributed by atoms with Crippen LogP contribution in [0.1, 0.15) is 40.5 Å². The molecular formula is C16H32O5. The molecule has 0 aromatic rings. The van der Waals surface area contributed by atoms with Crippen LogP contribution in [-0.2, 0) is 23.7 Å². The first-order valence-electron chi connectivity index (χ1n) is 7.82. The number of hydrogen-bond acceptors (Lipinski definition) is 5. The lowest BCUT2D eigenvalue weighted by Gasteiger charge is -2.16. The molecule has 0 aromatic carbocycles. The van der Waals surface area contributed by atoms with Gasteiger partial charge in [-0.1, -0.05) is 34.1 Å². The number of Topliss-reactive ketones (excluding diaryl/α,β-unsaturated/α-hetero) is 1. The molecule has 0 saturated carbocycles. The number of carbonyl (C=O) groups is 1. The maximum atomic E-state index is 11.6. The van der Waals surface area contributed by atoms with Gasteiger partial charge in [0.15, 0.2) is 5.78 Å². The van der Waals surface area contributed by atoms with E-state index in [2.05, 4.69) is 6.92 Å². The van der Waals surface area contributed by atoms with Gasteiger partial charge in [0.2, 0.25) is 0 Å². The molecule has 0 rings (SSSR count). The first kappa shape index (κ1) is 20.5. The summed E-state index contributed by atoms with van der Waals surface area (Å²) in [4.78, 5) is 11.6. The lowest BCUT2D eigenvalue weighted by Crippen LogP contribution is -2.25. The number of hydrogen-bond donors (Lipinski definition) is 0. The standard InChI is InChI=1S/C16H32O5/c1-5-6-7-18-8-9-19-10-11-20-12-13-21-14-15(17)16(2,3)4/h5-14H2,1-4H3. The normalized spacial score (nSPS) is 11.8. The molecule has 0 N–H and O–H groups in total. The molecule has 0 spiro atoms. The monoisotopic (exact) mass is 304 g/mol. The average Bonchev–Trinajstić information content (AvgIpc) is 2.42. The van der Waals surface area contributed by atoms with Gasteiger partial charge in [-0.2, -0.15) is 0 Å². The highest BCUT2D eigenvalue weighted by Crippen LogP contribution is 2.14. The summed E-state index contributed by atoms with van der Waals surface area (Å²) in [6.07, 6.45) is 2.25. The Morgan fingerprint density at radius 1 is 0.762 bits per heavy atom. The second-order valence-electron chi connectivity index (χ2n) is 5.92. The van der Waals surface area contributed by atoms with Crippen LogP contribution in [0.15, 0.2) is 0 Å². The van der Waals surface area contributed by atoms with Gasteiger partial charge in [-0.25, -0.2) is 0 Å². The molecule has 0 amide bonds. The molecule has 5 nitrogen and oxygen atoms in total. The van der Waals surface area contributed by atoms with E-state index < -0.39 is 0 Å². The largest absolute Gasteiger partial charge is 0.379 e. The van der Waals surface area contributed by atoms with E-state index in [0.717, 1.165) is 19.4 Å². The van der Waals surface area contributed by atoms with Crippen molar-refractivity contribution in [3.8, 4) is 0 Å². The van der Waals surface area contributed by atoms with Crippen molar-refractivity contribution in [2.24, 2.45) is 5.41 Å². The van der Waals surface area contributed by atoms with Gasteiger partial charge in [0.25, 0.3) is 0 Å². The molecule has 0 heterocycles. The van der Waals surface area contributed by atoms with Crippen molar-refractivity contribution in [2.75, 3.05) is 52.9 Å². The fourth-order valence-corrected chi connectivity index (χ4v) is 1.29. The summed E-state index contributed by atoms with van der Waals surface area (Å²) < 4.78 is 21.3. The molecule has 0 aliphatic heterocycles. The van der Waals surface area contributed by atoms with Crippen molar-refractivity contribution in [3.05, 3.63) is 0 Å². The van der Waals surface area contributed by atoms with Gasteiger partial charge in [0.1, 0.15) is 6.61 Å². The summed E-state index contributed by atoms with van der Waals surface area (Å²) in [7, 11) is 0. The molecule has 0 radical (unpaired) electrons. The molecule has 126 valence electrons. The van der Waals surface area contributed by atoms with Crippen LogP contribution in [0.3, 0.4) is 0 Å². The van der Waals surface area contributed by atoms with Crippen LogP contribution in [0.5, 0.6) is 0 Å². The SMILES string of the molecule is CCCCOCCOCCOCCOCC(=O)C(C)(C)C. The number of unbranched alkanes of at least 4 members (excludes halogenated alkanes) is 1. The van der Waals surface area contributed by atoms with Crippen molar-refractivity contribution in [1.29, 1.82) is 0 Å². The zero-order valence-electron chi connectivity index (χ0n) is 14.1. The van der Waals surface area contributed by atoms with E-state index in [4.69, 9.17) is 18.9 Å². The van der Waals surface area contributed by atoms with Crippen LogP contribution in [0.4, 0.5) is 0 Å². The molecule has 21 heavy (non-hydrogen) atoms. The maximum absolute atomic E-state index is 11.6. The Morgan fingerprint density at radius 2 is 1.19 bits per heavy atom.